The zero-order chi connectivity index (χ0) is 26.6. The third-order valence-electron chi connectivity index (χ3n) is 5.39. The molecule has 0 fully saturated rings. The van der Waals surface area contributed by atoms with Crippen LogP contribution in [-0.2, 0) is 17.8 Å². The lowest BCUT2D eigenvalue weighted by atomic mass is 10.1. The molecule has 0 aromatic heterocycles. The van der Waals surface area contributed by atoms with Gasteiger partial charge < -0.3 is 31.5 Å². The minimum absolute atomic E-state index is 0.0978. The summed E-state index contributed by atoms with van der Waals surface area (Å²) in [6, 6.07) is 19.9. The molecule has 3 rings (SSSR count). The van der Waals surface area contributed by atoms with Gasteiger partial charge in [0.25, 0.3) is 11.8 Å². The number of phenols is 1. The van der Waals surface area contributed by atoms with E-state index in [2.05, 4.69) is 21.3 Å². The first-order valence-electron chi connectivity index (χ1n) is 11.6. The Morgan fingerprint density at radius 1 is 0.730 bits per heavy atom. The van der Waals surface area contributed by atoms with Gasteiger partial charge in [0, 0.05) is 24.2 Å². The van der Waals surface area contributed by atoms with Crippen molar-refractivity contribution in [3.05, 3.63) is 101 Å². The first-order valence-corrected chi connectivity index (χ1v) is 11.6. The number of carbonyl (C=O) groups excluding carboxylic acids is 3. The van der Waals surface area contributed by atoms with Crippen LogP contribution in [0.5, 0.6) is 5.75 Å². The molecule has 3 aromatic carbocycles. The monoisotopic (exact) mass is 504 g/mol. The number of carbonyl (C=O) groups is 4. The van der Waals surface area contributed by atoms with E-state index in [1.807, 2.05) is 30.3 Å². The molecule has 1 atom stereocenters. The lowest BCUT2D eigenvalue weighted by Gasteiger charge is -2.16. The number of rotatable bonds is 11. The molecule has 0 spiro atoms. The summed E-state index contributed by atoms with van der Waals surface area (Å²) in [5.41, 5.74) is 2.24. The van der Waals surface area contributed by atoms with Gasteiger partial charge >= 0.3 is 12.0 Å². The molecule has 0 aliphatic heterocycles. The maximum atomic E-state index is 12.5. The summed E-state index contributed by atoms with van der Waals surface area (Å²) in [4.78, 5) is 48.5. The Balaban J connectivity index is 1.45. The summed E-state index contributed by atoms with van der Waals surface area (Å²) < 4.78 is 0. The zero-order valence-electron chi connectivity index (χ0n) is 19.9. The van der Waals surface area contributed by atoms with Gasteiger partial charge in [-0.25, -0.2) is 9.59 Å². The van der Waals surface area contributed by atoms with E-state index in [0.29, 0.717) is 18.5 Å². The Kier molecular flexibility index (Phi) is 9.60. The Morgan fingerprint density at radius 2 is 1.38 bits per heavy atom. The number of amides is 4. The predicted molar refractivity (Wildman–Crippen MR) is 136 cm³/mol. The van der Waals surface area contributed by atoms with Gasteiger partial charge in [0.2, 0.25) is 0 Å². The highest BCUT2D eigenvalue weighted by Gasteiger charge is 2.21. The molecule has 0 saturated heterocycles. The van der Waals surface area contributed by atoms with Gasteiger partial charge in [0.15, 0.2) is 0 Å². The van der Waals surface area contributed by atoms with Gasteiger partial charge in [-0.2, -0.15) is 0 Å². The van der Waals surface area contributed by atoms with E-state index in [4.69, 9.17) is 0 Å². The molecular formula is C27H28N4O6. The maximum absolute atomic E-state index is 12.5. The molecule has 0 aliphatic rings. The van der Waals surface area contributed by atoms with Gasteiger partial charge in [-0.1, -0.05) is 42.5 Å². The van der Waals surface area contributed by atoms with Crippen LogP contribution in [0.4, 0.5) is 4.79 Å². The number of hydrogen-bond donors (Lipinski definition) is 6. The second kappa shape index (κ2) is 13.3. The van der Waals surface area contributed by atoms with Crippen molar-refractivity contribution >= 4 is 23.8 Å². The van der Waals surface area contributed by atoms with Gasteiger partial charge in [0.1, 0.15) is 11.8 Å². The molecule has 0 aliphatic carbocycles. The van der Waals surface area contributed by atoms with Gasteiger partial charge in [-0.3, -0.25) is 9.59 Å². The molecule has 0 radical (unpaired) electrons. The van der Waals surface area contributed by atoms with E-state index in [1.54, 1.807) is 12.1 Å². The van der Waals surface area contributed by atoms with E-state index in [1.165, 1.54) is 36.4 Å². The Bertz CT molecular complexity index is 1230. The van der Waals surface area contributed by atoms with Crippen molar-refractivity contribution in [1.29, 1.82) is 0 Å². The molecule has 6 N–H and O–H groups in total. The highest BCUT2D eigenvalue weighted by atomic mass is 16.4. The second-order valence-electron chi connectivity index (χ2n) is 8.17. The van der Waals surface area contributed by atoms with Crippen molar-refractivity contribution in [3.8, 4) is 5.75 Å². The number of hydrogen-bond acceptors (Lipinski definition) is 5. The molecule has 0 heterocycles. The second-order valence-corrected chi connectivity index (χ2v) is 8.17. The number of nitrogens with one attached hydrogen (secondary N) is 4. The summed E-state index contributed by atoms with van der Waals surface area (Å²) in [5, 5.41) is 29.1. The van der Waals surface area contributed by atoms with Crippen molar-refractivity contribution in [2.45, 2.75) is 19.0 Å². The molecule has 4 amide bonds. The topological polar surface area (TPSA) is 157 Å². The Labute approximate surface area is 213 Å². The standard InChI is InChI=1S/C27H28N4O6/c32-22-8-4-7-19(15-22)16-29-24(33)20-9-11-21(12-10-20)25(34)31-23(26(35)36)17-30-27(37)28-14-13-18-5-2-1-3-6-18/h1-12,15,23,32H,13-14,16-17H2,(H,29,33)(H,31,34)(H,35,36)(H2,28,30,37). The van der Waals surface area contributed by atoms with Crippen LogP contribution in [0.3, 0.4) is 0 Å². The molecule has 10 heteroatoms. The van der Waals surface area contributed by atoms with Crippen LogP contribution < -0.4 is 21.3 Å². The van der Waals surface area contributed by atoms with Crippen LogP contribution in [0.1, 0.15) is 31.8 Å². The lowest BCUT2D eigenvalue weighted by Crippen LogP contribution is -2.50. The summed E-state index contributed by atoms with van der Waals surface area (Å²) >= 11 is 0. The smallest absolute Gasteiger partial charge is 0.328 e. The Hall–Kier alpha value is -4.86. The molecule has 3 aromatic rings. The quantitative estimate of drug-likeness (QED) is 0.235. The van der Waals surface area contributed by atoms with Crippen LogP contribution in [0.2, 0.25) is 0 Å². The molecule has 10 nitrogen and oxygen atoms in total. The molecule has 0 bridgehead atoms. The number of carboxylic acid groups (broad SMARTS) is 1. The fourth-order valence-corrected chi connectivity index (χ4v) is 3.39. The largest absolute Gasteiger partial charge is 0.508 e. The van der Waals surface area contributed by atoms with Crippen LogP contribution in [0.25, 0.3) is 0 Å². The van der Waals surface area contributed by atoms with Crippen molar-refractivity contribution in [2.24, 2.45) is 0 Å². The first-order chi connectivity index (χ1) is 17.8. The first kappa shape index (κ1) is 26.7. The zero-order valence-corrected chi connectivity index (χ0v) is 19.9. The van der Waals surface area contributed by atoms with Gasteiger partial charge in [-0.15, -0.1) is 0 Å². The van der Waals surface area contributed by atoms with E-state index in [0.717, 1.165) is 11.1 Å². The van der Waals surface area contributed by atoms with Crippen molar-refractivity contribution in [3.63, 3.8) is 0 Å². The van der Waals surface area contributed by atoms with Crippen LogP contribution in [-0.4, -0.2) is 53.2 Å². The number of phenolic OH excluding ortho intramolecular Hbond substituents is 1. The van der Waals surface area contributed by atoms with E-state index in [9.17, 15) is 29.4 Å². The number of benzene rings is 3. The summed E-state index contributed by atoms with van der Waals surface area (Å²) in [7, 11) is 0. The molecule has 192 valence electrons. The third kappa shape index (κ3) is 8.70. The van der Waals surface area contributed by atoms with Gasteiger partial charge in [-0.05, 0) is 53.9 Å². The lowest BCUT2D eigenvalue weighted by molar-refractivity contribution is -0.139. The summed E-state index contributed by atoms with van der Waals surface area (Å²) in [5.74, 6) is -2.24. The third-order valence-corrected chi connectivity index (χ3v) is 5.39. The van der Waals surface area contributed by atoms with E-state index >= 15 is 0 Å². The fourth-order valence-electron chi connectivity index (χ4n) is 3.39. The van der Waals surface area contributed by atoms with E-state index < -0.39 is 23.9 Å². The maximum Gasteiger partial charge on any atom is 0.328 e. The van der Waals surface area contributed by atoms with Crippen molar-refractivity contribution in [2.75, 3.05) is 13.1 Å². The molecule has 1 unspecified atom stereocenters. The SMILES string of the molecule is O=C(NCCc1ccccc1)NCC(NC(=O)c1ccc(C(=O)NCc2cccc(O)c2)cc1)C(=O)O. The minimum Gasteiger partial charge on any atom is -0.508 e. The highest BCUT2D eigenvalue weighted by molar-refractivity contribution is 5.99. The van der Waals surface area contributed by atoms with E-state index in [-0.39, 0.29) is 30.3 Å². The van der Waals surface area contributed by atoms with Crippen LogP contribution >= 0.6 is 0 Å². The number of aromatic hydroxyl groups is 1. The number of aliphatic carboxylic acids is 1. The summed E-state index contributed by atoms with van der Waals surface area (Å²) in [6.45, 7) is 0.268. The molecular weight excluding hydrogens is 476 g/mol. The number of urea groups is 1. The highest BCUT2D eigenvalue weighted by Crippen LogP contribution is 2.11. The molecule has 37 heavy (non-hydrogen) atoms. The Morgan fingerprint density at radius 3 is 2.03 bits per heavy atom. The average molecular weight is 505 g/mol. The molecule has 0 saturated carbocycles. The summed E-state index contributed by atoms with van der Waals surface area (Å²) in [6.07, 6.45) is 0.622. The van der Waals surface area contributed by atoms with Crippen LogP contribution in [0, 0.1) is 0 Å². The minimum atomic E-state index is -1.35. The van der Waals surface area contributed by atoms with Crippen molar-refractivity contribution < 1.29 is 29.4 Å². The number of carboxylic acids is 1. The fraction of sp³-hybridized carbons (Fsp3) is 0.185. The van der Waals surface area contributed by atoms with Gasteiger partial charge in [0.05, 0.1) is 6.54 Å². The average Bonchev–Trinajstić information content (AvgIpc) is 2.90. The predicted octanol–water partition coefficient (Wildman–Crippen LogP) is 2.05. The normalized spacial score (nSPS) is 11.1. The van der Waals surface area contributed by atoms with Crippen molar-refractivity contribution in [1.82, 2.24) is 21.3 Å². The van der Waals surface area contributed by atoms with Crippen LogP contribution in [0.15, 0.2) is 78.9 Å².